The first-order valence-corrected chi connectivity index (χ1v) is 8.61. The molecular weight excluding hydrogens is 421 g/mol. The number of benzene rings is 2. The second-order valence-corrected chi connectivity index (χ2v) is 6.42. The number of carboxylic acids is 1. The third-order valence-electron chi connectivity index (χ3n) is 4.36. The predicted molar refractivity (Wildman–Crippen MR) is 111 cm³/mol. The minimum absolute atomic E-state index is 0. The second-order valence-electron chi connectivity index (χ2n) is 6.42. The molecule has 1 aromatic heterocycles. The summed E-state index contributed by atoms with van der Waals surface area (Å²) < 4.78 is 26.7. The third kappa shape index (κ3) is 5.35. The average Bonchev–Trinajstić information content (AvgIpc) is 3.18. The molecular formula is C20H17F2N4NaO4. The van der Waals surface area contributed by atoms with Crippen LogP contribution in [0.2, 0.25) is 0 Å². The van der Waals surface area contributed by atoms with E-state index in [0.29, 0.717) is 5.69 Å². The van der Waals surface area contributed by atoms with Crippen LogP contribution in [0.3, 0.4) is 0 Å². The number of rotatable bonds is 5. The fourth-order valence-corrected chi connectivity index (χ4v) is 2.69. The number of nitrogens with zero attached hydrogens (tertiary/aromatic N) is 2. The molecule has 0 radical (unpaired) electrons. The van der Waals surface area contributed by atoms with Gasteiger partial charge in [-0.2, -0.15) is 5.10 Å². The molecule has 0 saturated carbocycles. The number of aromatic nitrogens is 2. The summed E-state index contributed by atoms with van der Waals surface area (Å²) in [6.07, 6.45) is 0. The van der Waals surface area contributed by atoms with Gasteiger partial charge in [-0.3, -0.25) is 14.7 Å². The molecule has 3 rings (SSSR count). The fraction of sp³-hybridized carbons (Fsp3) is 0.100. The van der Waals surface area contributed by atoms with E-state index < -0.39 is 29.4 Å². The van der Waals surface area contributed by atoms with Crippen LogP contribution in [0.4, 0.5) is 20.3 Å². The summed E-state index contributed by atoms with van der Waals surface area (Å²) in [4.78, 5) is 37.1. The molecule has 0 atom stereocenters. The number of aromatic amines is 1. The molecule has 0 unspecified atom stereocenters. The Bertz CT molecular complexity index is 1150. The van der Waals surface area contributed by atoms with Gasteiger partial charge in [-0.05, 0) is 48.9 Å². The Balaban J connectivity index is 0.00000341. The zero-order valence-corrected chi connectivity index (χ0v) is 15.9. The zero-order chi connectivity index (χ0) is 22.0. The second kappa shape index (κ2) is 9.82. The number of hydrogen-bond donors (Lipinski definition) is 3. The molecule has 0 aliphatic rings. The summed E-state index contributed by atoms with van der Waals surface area (Å²) in [6.45, 7) is 1.46. The van der Waals surface area contributed by atoms with Crippen LogP contribution in [0.1, 0.15) is 36.8 Å². The van der Waals surface area contributed by atoms with Crippen molar-refractivity contribution in [2.75, 3.05) is 17.3 Å². The van der Waals surface area contributed by atoms with Crippen LogP contribution in [0.15, 0.2) is 42.5 Å². The Morgan fingerprint density at radius 3 is 2.29 bits per heavy atom. The molecule has 1 heterocycles. The predicted octanol–water partition coefficient (Wildman–Crippen LogP) is 2.57. The van der Waals surface area contributed by atoms with Gasteiger partial charge in [0.25, 0.3) is 11.8 Å². The summed E-state index contributed by atoms with van der Waals surface area (Å²) in [7, 11) is 1.48. The van der Waals surface area contributed by atoms with Crippen LogP contribution < -0.4 is 10.2 Å². The van der Waals surface area contributed by atoms with Gasteiger partial charge in [0.05, 0.1) is 5.56 Å². The Morgan fingerprint density at radius 2 is 1.68 bits per heavy atom. The van der Waals surface area contributed by atoms with Crippen LogP contribution in [0.5, 0.6) is 0 Å². The number of nitrogens with one attached hydrogen (secondary N) is 2. The van der Waals surface area contributed by atoms with Crippen molar-refractivity contribution in [1.82, 2.24) is 10.2 Å². The monoisotopic (exact) mass is 438 g/mol. The van der Waals surface area contributed by atoms with Crippen molar-refractivity contribution in [3.63, 3.8) is 0 Å². The van der Waals surface area contributed by atoms with E-state index in [1.54, 1.807) is 0 Å². The molecule has 0 spiro atoms. The quantitative estimate of drug-likeness (QED) is 0.530. The molecule has 0 aliphatic heterocycles. The van der Waals surface area contributed by atoms with E-state index in [2.05, 4.69) is 15.5 Å². The molecule has 3 N–H and O–H groups in total. The third-order valence-corrected chi connectivity index (χ3v) is 4.36. The first-order valence-electron chi connectivity index (χ1n) is 8.61. The first kappa shape index (κ1) is 24.2. The van der Waals surface area contributed by atoms with Gasteiger partial charge in [-0.15, -0.1) is 0 Å². The van der Waals surface area contributed by atoms with Crippen molar-refractivity contribution in [3.8, 4) is 0 Å². The van der Waals surface area contributed by atoms with Crippen LogP contribution in [-0.2, 0) is 0 Å². The first-order chi connectivity index (χ1) is 14.2. The Morgan fingerprint density at radius 1 is 1.06 bits per heavy atom. The van der Waals surface area contributed by atoms with E-state index in [1.165, 1.54) is 49.2 Å². The van der Waals surface area contributed by atoms with Crippen molar-refractivity contribution in [2.45, 2.75) is 6.92 Å². The molecule has 3 aromatic rings. The number of aromatic carboxylic acids is 1. The van der Waals surface area contributed by atoms with Crippen LogP contribution >= 0.6 is 0 Å². The maximum atomic E-state index is 13.4. The van der Waals surface area contributed by atoms with Gasteiger partial charge in [0.1, 0.15) is 5.82 Å². The number of hydrogen-bond acceptors (Lipinski definition) is 4. The van der Waals surface area contributed by atoms with Crippen molar-refractivity contribution >= 4 is 58.8 Å². The summed E-state index contributed by atoms with van der Waals surface area (Å²) in [5, 5.41) is 17.7. The summed E-state index contributed by atoms with van der Waals surface area (Å²) in [5.74, 6) is -4.42. The Kier molecular flexibility index (Phi) is 7.66. The van der Waals surface area contributed by atoms with Gasteiger partial charge < -0.3 is 15.3 Å². The molecule has 2 amide bonds. The number of carbonyl (C=O) groups is 3. The topological polar surface area (TPSA) is 115 Å². The SMILES string of the molecule is Cc1cc(F)c(F)cc1C(=O)Nc1cc(C(=O)N(C)c2ccc(C(=O)O)cc2)n[nH]1.[NaH]. The maximum absolute atomic E-state index is 13.4. The molecule has 156 valence electrons. The van der Waals surface area contributed by atoms with Crippen molar-refractivity contribution < 1.29 is 28.3 Å². The van der Waals surface area contributed by atoms with Gasteiger partial charge in [-0.25, -0.2) is 13.6 Å². The van der Waals surface area contributed by atoms with Gasteiger partial charge in [0.15, 0.2) is 17.3 Å². The number of carboxylic acid groups (broad SMARTS) is 1. The number of carbonyl (C=O) groups excluding carboxylic acids is 2. The van der Waals surface area contributed by atoms with Crippen molar-refractivity contribution in [1.29, 1.82) is 0 Å². The van der Waals surface area contributed by atoms with E-state index in [9.17, 15) is 23.2 Å². The van der Waals surface area contributed by atoms with E-state index in [0.717, 1.165) is 12.1 Å². The molecule has 0 aliphatic carbocycles. The standard InChI is InChI=1S/C20H16F2N4O4.Na.H/c1-10-7-14(21)15(22)8-13(10)18(27)23-17-9-16(24-25-17)19(28)26(2)12-5-3-11(4-6-12)20(29)30;;/h3-9H,1-2H3,(H,29,30)(H2,23,24,25,27);;. The summed E-state index contributed by atoms with van der Waals surface area (Å²) in [6, 6.07) is 8.67. The van der Waals surface area contributed by atoms with Crippen molar-refractivity contribution in [2.24, 2.45) is 0 Å². The van der Waals surface area contributed by atoms with E-state index in [4.69, 9.17) is 5.11 Å². The van der Waals surface area contributed by atoms with Crippen LogP contribution in [0, 0.1) is 18.6 Å². The molecule has 0 saturated heterocycles. The average molecular weight is 438 g/mol. The molecule has 11 heteroatoms. The molecule has 2 aromatic carbocycles. The summed E-state index contributed by atoms with van der Waals surface area (Å²) in [5.41, 5.74) is 0.684. The van der Waals surface area contributed by atoms with Gasteiger partial charge in [0, 0.05) is 24.4 Å². The normalized spacial score (nSPS) is 10.2. The number of H-pyrrole nitrogens is 1. The molecule has 0 bridgehead atoms. The van der Waals surface area contributed by atoms with Gasteiger partial charge in [-0.1, -0.05) is 0 Å². The van der Waals surface area contributed by atoms with Crippen LogP contribution in [0.25, 0.3) is 0 Å². The Labute approximate surface area is 197 Å². The number of aryl methyl sites for hydroxylation is 1. The van der Waals surface area contributed by atoms with E-state index in [1.807, 2.05) is 0 Å². The molecule has 31 heavy (non-hydrogen) atoms. The van der Waals surface area contributed by atoms with E-state index in [-0.39, 0.29) is 57.8 Å². The fourth-order valence-electron chi connectivity index (χ4n) is 2.69. The number of halogens is 2. The minimum atomic E-state index is -1.15. The van der Waals surface area contributed by atoms with Gasteiger partial charge in [0.2, 0.25) is 0 Å². The number of anilines is 2. The zero-order valence-electron chi connectivity index (χ0n) is 15.9. The Hall–Kier alpha value is -3.08. The van der Waals surface area contributed by atoms with Crippen LogP contribution in [-0.4, -0.2) is 69.7 Å². The van der Waals surface area contributed by atoms with E-state index >= 15 is 0 Å². The number of amides is 2. The molecule has 0 fully saturated rings. The van der Waals surface area contributed by atoms with Gasteiger partial charge >= 0.3 is 35.5 Å². The van der Waals surface area contributed by atoms with Crippen molar-refractivity contribution in [3.05, 3.63) is 76.5 Å². The molecule has 8 nitrogen and oxygen atoms in total. The summed E-state index contributed by atoms with van der Waals surface area (Å²) >= 11 is 0.